The van der Waals surface area contributed by atoms with E-state index in [1.807, 2.05) is 6.92 Å². The van der Waals surface area contributed by atoms with Gasteiger partial charge in [-0.05, 0) is 6.42 Å². The minimum atomic E-state index is -3.13. The van der Waals surface area contributed by atoms with Crippen LogP contribution >= 0.6 is 0 Å². The Kier molecular flexibility index (Phi) is 4.50. The smallest absolute Gasteiger partial charge is 0.243 e. The molecule has 0 bridgehead atoms. The summed E-state index contributed by atoms with van der Waals surface area (Å²) in [4.78, 5) is 24.6. The number of nitrogens with zero attached hydrogens (tertiary/aromatic N) is 1. The van der Waals surface area contributed by atoms with Gasteiger partial charge in [-0.3, -0.25) is 9.59 Å². The molecule has 1 saturated heterocycles. The molecule has 98 valence electrons. The molecule has 0 spiro atoms. The summed E-state index contributed by atoms with van der Waals surface area (Å²) >= 11 is 0. The minimum absolute atomic E-state index is 0.0389. The van der Waals surface area contributed by atoms with Crippen molar-refractivity contribution in [2.75, 3.05) is 25.1 Å². The van der Waals surface area contributed by atoms with Gasteiger partial charge in [0.2, 0.25) is 11.8 Å². The van der Waals surface area contributed by atoms with Gasteiger partial charge in [-0.15, -0.1) is 0 Å². The van der Waals surface area contributed by atoms with E-state index in [0.717, 1.165) is 12.7 Å². The maximum absolute atomic E-state index is 11.7. The Balaban J connectivity index is 2.74. The molecular formula is C10H18N2O4S. The van der Waals surface area contributed by atoms with Crippen LogP contribution in [0.2, 0.25) is 0 Å². The molecule has 1 atom stereocenters. The number of sulfone groups is 1. The number of hydrogen-bond acceptors (Lipinski definition) is 4. The minimum Gasteiger partial charge on any atom is -0.345 e. The quantitative estimate of drug-likeness (QED) is 0.700. The van der Waals surface area contributed by atoms with Gasteiger partial charge in [-0.1, -0.05) is 13.3 Å². The van der Waals surface area contributed by atoms with Crippen LogP contribution in [0.4, 0.5) is 0 Å². The predicted molar refractivity (Wildman–Crippen MR) is 63.1 cm³/mol. The van der Waals surface area contributed by atoms with Crippen LogP contribution in [0.25, 0.3) is 0 Å². The number of carbonyl (C=O) groups excluding carboxylic acids is 2. The number of amides is 2. The normalized spacial score (nSPS) is 21.5. The molecule has 0 aromatic heterocycles. The maximum atomic E-state index is 11.7. The van der Waals surface area contributed by atoms with E-state index >= 15 is 0 Å². The van der Waals surface area contributed by atoms with E-state index < -0.39 is 15.9 Å². The lowest BCUT2D eigenvalue weighted by atomic mass is 10.1. The topological polar surface area (TPSA) is 83.6 Å². The molecule has 0 aliphatic carbocycles. The standard InChI is InChI=1S/C10H18N2O4S/c1-3-4-8-10(14)11-7-9(13)12(8)5-6-17(2,15)16/h8H,3-7H2,1-2H3,(H,11,14). The summed E-state index contributed by atoms with van der Waals surface area (Å²) < 4.78 is 22.2. The third-order valence-electron chi connectivity index (χ3n) is 2.68. The molecule has 17 heavy (non-hydrogen) atoms. The van der Waals surface area contributed by atoms with Crippen molar-refractivity contribution >= 4 is 21.7 Å². The van der Waals surface area contributed by atoms with E-state index in [4.69, 9.17) is 0 Å². The van der Waals surface area contributed by atoms with Crippen molar-refractivity contribution in [2.45, 2.75) is 25.8 Å². The van der Waals surface area contributed by atoms with Gasteiger partial charge in [0.25, 0.3) is 0 Å². The largest absolute Gasteiger partial charge is 0.345 e. The van der Waals surface area contributed by atoms with Crippen LogP contribution in [0, 0.1) is 0 Å². The summed E-state index contributed by atoms with van der Waals surface area (Å²) in [5.41, 5.74) is 0. The van der Waals surface area contributed by atoms with Crippen LogP contribution < -0.4 is 5.32 Å². The van der Waals surface area contributed by atoms with Crippen LogP contribution in [0.3, 0.4) is 0 Å². The molecule has 1 N–H and O–H groups in total. The van der Waals surface area contributed by atoms with Crippen LogP contribution in [-0.4, -0.2) is 56.3 Å². The van der Waals surface area contributed by atoms with E-state index in [-0.39, 0.29) is 30.7 Å². The molecule has 1 aliphatic rings. The first-order valence-corrected chi connectivity index (χ1v) is 7.66. The van der Waals surface area contributed by atoms with Crippen molar-refractivity contribution in [3.8, 4) is 0 Å². The second-order valence-corrected chi connectivity index (χ2v) is 6.50. The third kappa shape index (κ3) is 3.99. The fraction of sp³-hybridized carbons (Fsp3) is 0.800. The van der Waals surface area contributed by atoms with E-state index in [9.17, 15) is 18.0 Å². The van der Waals surface area contributed by atoms with E-state index in [1.54, 1.807) is 0 Å². The molecule has 1 heterocycles. The fourth-order valence-corrected chi connectivity index (χ4v) is 2.33. The highest BCUT2D eigenvalue weighted by atomic mass is 32.2. The highest BCUT2D eigenvalue weighted by molar-refractivity contribution is 7.90. The van der Waals surface area contributed by atoms with Crippen molar-refractivity contribution in [3.05, 3.63) is 0 Å². The fourth-order valence-electron chi connectivity index (χ4n) is 1.80. The van der Waals surface area contributed by atoms with Crippen LogP contribution in [0.15, 0.2) is 0 Å². The summed E-state index contributed by atoms with van der Waals surface area (Å²) in [7, 11) is -3.13. The molecule has 0 aromatic carbocycles. The molecule has 1 aliphatic heterocycles. The van der Waals surface area contributed by atoms with Crippen molar-refractivity contribution in [3.63, 3.8) is 0 Å². The molecule has 1 fully saturated rings. The highest BCUT2D eigenvalue weighted by Gasteiger charge is 2.33. The summed E-state index contributed by atoms with van der Waals surface area (Å²) in [6.45, 7) is 1.97. The third-order valence-corrected chi connectivity index (χ3v) is 3.60. The van der Waals surface area contributed by atoms with Gasteiger partial charge >= 0.3 is 0 Å². The molecule has 7 heteroatoms. The molecule has 2 amide bonds. The van der Waals surface area contributed by atoms with Gasteiger partial charge < -0.3 is 10.2 Å². The highest BCUT2D eigenvalue weighted by Crippen LogP contribution is 2.11. The van der Waals surface area contributed by atoms with Gasteiger partial charge in [0.15, 0.2) is 0 Å². The van der Waals surface area contributed by atoms with Crippen molar-refractivity contribution in [2.24, 2.45) is 0 Å². The van der Waals surface area contributed by atoms with E-state index in [2.05, 4.69) is 5.32 Å². The second-order valence-electron chi connectivity index (χ2n) is 4.24. The lowest BCUT2D eigenvalue weighted by Crippen LogP contribution is -2.59. The monoisotopic (exact) mass is 262 g/mol. The van der Waals surface area contributed by atoms with Crippen molar-refractivity contribution < 1.29 is 18.0 Å². The van der Waals surface area contributed by atoms with Crippen LogP contribution in [0.1, 0.15) is 19.8 Å². The molecule has 1 unspecified atom stereocenters. The Labute approximate surface area is 101 Å². The number of piperazine rings is 1. The molecule has 0 saturated carbocycles. The molecule has 0 aromatic rings. The van der Waals surface area contributed by atoms with Gasteiger partial charge in [-0.25, -0.2) is 8.42 Å². The first kappa shape index (κ1) is 14.0. The van der Waals surface area contributed by atoms with Crippen LogP contribution in [-0.2, 0) is 19.4 Å². The summed E-state index contributed by atoms with van der Waals surface area (Å²) in [5, 5.41) is 2.51. The molecule has 1 rings (SSSR count). The molecular weight excluding hydrogens is 244 g/mol. The Morgan fingerprint density at radius 3 is 2.59 bits per heavy atom. The summed E-state index contributed by atoms with van der Waals surface area (Å²) in [5.74, 6) is -0.515. The van der Waals surface area contributed by atoms with E-state index in [1.165, 1.54) is 4.90 Å². The average Bonchev–Trinajstić information content (AvgIpc) is 2.21. The summed E-state index contributed by atoms with van der Waals surface area (Å²) in [6.07, 6.45) is 2.44. The Morgan fingerprint density at radius 2 is 2.06 bits per heavy atom. The Morgan fingerprint density at radius 1 is 1.41 bits per heavy atom. The van der Waals surface area contributed by atoms with Crippen molar-refractivity contribution in [1.82, 2.24) is 10.2 Å². The number of rotatable bonds is 5. The zero-order chi connectivity index (χ0) is 13.1. The van der Waals surface area contributed by atoms with Crippen LogP contribution in [0.5, 0.6) is 0 Å². The molecule has 6 nitrogen and oxygen atoms in total. The molecule has 0 radical (unpaired) electrons. The van der Waals surface area contributed by atoms with Gasteiger partial charge in [0.1, 0.15) is 15.9 Å². The average molecular weight is 262 g/mol. The van der Waals surface area contributed by atoms with Gasteiger partial charge in [0, 0.05) is 12.8 Å². The van der Waals surface area contributed by atoms with E-state index in [0.29, 0.717) is 6.42 Å². The maximum Gasteiger partial charge on any atom is 0.243 e. The number of carbonyl (C=O) groups is 2. The number of nitrogens with one attached hydrogen (secondary N) is 1. The van der Waals surface area contributed by atoms with Crippen molar-refractivity contribution in [1.29, 1.82) is 0 Å². The zero-order valence-corrected chi connectivity index (χ0v) is 10.9. The zero-order valence-electron chi connectivity index (χ0n) is 10.1. The lowest BCUT2D eigenvalue weighted by Gasteiger charge is -2.34. The first-order valence-electron chi connectivity index (χ1n) is 5.60. The van der Waals surface area contributed by atoms with Gasteiger partial charge in [-0.2, -0.15) is 0 Å². The second kappa shape index (κ2) is 5.48. The Bertz CT molecular complexity index is 405. The summed E-state index contributed by atoms with van der Waals surface area (Å²) in [6, 6.07) is -0.525. The Hall–Kier alpha value is -1.11. The SMILES string of the molecule is CCCC1C(=O)NCC(=O)N1CCS(C)(=O)=O. The van der Waals surface area contributed by atoms with Gasteiger partial charge in [0.05, 0.1) is 12.3 Å². The lowest BCUT2D eigenvalue weighted by molar-refractivity contribution is -0.145. The number of hydrogen-bond donors (Lipinski definition) is 1. The predicted octanol–water partition coefficient (Wildman–Crippen LogP) is -0.842. The first-order chi connectivity index (χ1) is 7.85.